The van der Waals surface area contributed by atoms with Gasteiger partial charge < -0.3 is 15.4 Å². The summed E-state index contributed by atoms with van der Waals surface area (Å²) < 4.78 is 45.7. The van der Waals surface area contributed by atoms with E-state index < -0.39 is 23.6 Å². The zero-order chi connectivity index (χ0) is 23.3. The number of hydrogen-bond acceptors (Lipinski definition) is 6. The molecule has 1 aromatic heterocycles. The van der Waals surface area contributed by atoms with E-state index >= 15 is 0 Å². The maximum atomic E-state index is 13.1. The molecule has 3 aromatic rings. The first-order valence-corrected chi connectivity index (χ1v) is 9.54. The van der Waals surface area contributed by atoms with Crippen LogP contribution in [0.4, 0.5) is 24.5 Å². The average molecular weight is 447 g/mol. The van der Waals surface area contributed by atoms with E-state index in [9.17, 15) is 22.8 Å². The number of benzene rings is 2. The van der Waals surface area contributed by atoms with E-state index in [-0.39, 0.29) is 24.0 Å². The summed E-state index contributed by atoms with van der Waals surface area (Å²) in [6.45, 7) is 3.26. The molecule has 1 heterocycles. The van der Waals surface area contributed by atoms with Crippen LogP contribution < -0.4 is 10.6 Å². The SMILES string of the molecule is CC(C)OC(=O)c1ccc(NCC(=O)Nc2cc(C(F)(F)F)ccc2-n2cncn2)cc1. The van der Waals surface area contributed by atoms with Gasteiger partial charge in [0.1, 0.15) is 12.7 Å². The first kappa shape index (κ1) is 22.8. The predicted octanol–water partition coefficient (Wildman–Crippen LogP) is 3.90. The molecular formula is C21H20F3N5O3. The Labute approximate surface area is 181 Å². The molecule has 11 heteroatoms. The minimum absolute atomic E-state index is 0.0658. The van der Waals surface area contributed by atoms with E-state index in [4.69, 9.17) is 4.74 Å². The van der Waals surface area contributed by atoms with Crippen LogP contribution in [-0.4, -0.2) is 39.3 Å². The highest BCUT2D eigenvalue weighted by Crippen LogP contribution is 2.33. The van der Waals surface area contributed by atoms with Crippen LogP contribution in [-0.2, 0) is 15.7 Å². The van der Waals surface area contributed by atoms with Crippen molar-refractivity contribution in [3.63, 3.8) is 0 Å². The molecule has 0 aliphatic heterocycles. The highest BCUT2D eigenvalue weighted by Gasteiger charge is 2.31. The molecule has 0 saturated heterocycles. The summed E-state index contributed by atoms with van der Waals surface area (Å²) in [6, 6.07) is 9.21. The number of carbonyl (C=O) groups is 2. The van der Waals surface area contributed by atoms with Gasteiger partial charge in [0.15, 0.2) is 0 Å². The lowest BCUT2D eigenvalue weighted by Crippen LogP contribution is -2.23. The van der Waals surface area contributed by atoms with Crippen molar-refractivity contribution in [2.45, 2.75) is 26.1 Å². The number of rotatable bonds is 7. The number of hydrogen-bond donors (Lipinski definition) is 2. The number of amides is 1. The molecule has 2 N–H and O–H groups in total. The summed E-state index contributed by atoms with van der Waals surface area (Å²) in [5.41, 5.74) is 0.159. The van der Waals surface area contributed by atoms with E-state index in [0.717, 1.165) is 12.1 Å². The molecule has 0 aliphatic rings. The second-order valence-corrected chi connectivity index (χ2v) is 7.00. The maximum absolute atomic E-state index is 13.1. The topological polar surface area (TPSA) is 98.1 Å². The molecule has 0 spiro atoms. The molecule has 8 nitrogen and oxygen atoms in total. The summed E-state index contributed by atoms with van der Waals surface area (Å²) in [4.78, 5) is 28.0. The molecule has 32 heavy (non-hydrogen) atoms. The number of ether oxygens (including phenoxy) is 1. The van der Waals surface area contributed by atoms with E-state index in [1.807, 2.05) is 0 Å². The average Bonchev–Trinajstić information content (AvgIpc) is 3.26. The molecule has 0 bridgehead atoms. The zero-order valence-electron chi connectivity index (χ0n) is 17.2. The van der Waals surface area contributed by atoms with Crippen LogP contribution in [0.15, 0.2) is 55.1 Å². The maximum Gasteiger partial charge on any atom is 0.416 e. The standard InChI is InChI=1S/C21H20F3N5O3/c1-13(2)32-20(31)14-3-6-16(7-4-14)26-10-19(30)28-17-9-15(21(22,23)24)5-8-18(17)29-12-25-11-27-29/h3-9,11-13,26H,10H2,1-2H3,(H,28,30). The van der Waals surface area contributed by atoms with Gasteiger partial charge in [0.05, 0.1) is 35.2 Å². The Hall–Kier alpha value is -3.89. The van der Waals surface area contributed by atoms with Gasteiger partial charge >= 0.3 is 12.1 Å². The number of esters is 1. The van der Waals surface area contributed by atoms with Crippen molar-refractivity contribution in [2.75, 3.05) is 17.2 Å². The Bertz CT molecular complexity index is 1080. The highest BCUT2D eigenvalue weighted by molar-refractivity contribution is 5.96. The Kier molecular flexibility index (Phi) is 6.76. The van der Waals surface area contributed by atoms with Gasteiger partial charge in [0.2, 0.25) is 5.91 Å². The fourth-order valence-corrected chi connectivity index (χ4v) is 2.73. The third-order valence-corrected chi connectivity index (χ3v) is 4.18. The molecule has 1 amide bonds. The molecular weight excluding hydrogens is 427 g/mol. The lowest BCUT2D eigenvalue weighted by Gasteiger charge is -2.15. The van der Waals surface area contributed by atoms with Crippen molar-refractivity contribution in [1.82, 2.24) is 14.8 Å². The van der Waals surface area contributed by atoms with E-state index in [0.29, 0.717) is 11.3 Å². The van der Waals surface area contributed by atoms with Crippen LogP contribution in [0.5, 0.6) is 0 Å². The van der Waals surface area contributed by atoms with E-state index in [2.05, 4.69) is 20.7 Å². The van der Waals surface area contributed by atoms with Gasteiger partial charge in [-0.3, -0.25) is 4.79 Å². The van der Waals surface area contributed by atoms with Gasteiger partial charge in [-0.1, -0.05) is 0 Å². The minimum atomic E-state index is -4.57. The third-order valence-electron chi connectivity index (χ3n) is 4.18. The number of halogens is 3. The molecule has 3 rings (SSSR count). The van der Waals surface area contributed by atoms with Crippen LogP contribution in [0.2, 0.25) is 0 Å². The second kappa shape index (κ2) is 9.50. The molecule has 0 atom stereocenters. The van der Waals surface area contributed by atoms with Crippen molar-refractivity contribution < 1.29 is 27.5 Å². The Morgan fingerprint density at radius 2 is 1.84 bits per heavy atom. The summed E-state index contributed by atoms with van der Waals surface area (Å²) in [5, 5.41) is 9.22. The van der Waals surface area contributed by atoms with Gasteiger partial charge in [0.25, 0.3) is 0 Å². The van der Waals surface area contributed by atoms with Gasteiger partial charge in [-0.05, 0) is 56.3 Å². The summed E-state index contributed by atoms with van der Waals surface area (Å²) in [7, 11) is 0. The molecule has 0 radical (unpaired) electrons. The first-order chi connectivity index (χ1) is 15.1. The molecule has 2 aromatic carbocycles. The largest absolute Gasteiger partial charge is 0.459 e. The van der Waals surface area contributed by atoms with Crippen LogP contribution >= 0.6 is 0 Å². The van der Waals surface area contributed by atoms with Crippen molar-refractivity contribution >= 4 is 23.3 Å². The fourth-order valence-electron chi connectivity index (χ4n) is 2.73. The smallest absolute Gasteiger partial charge is 0.416 e. The van der Waals surface area contributed by atoms with Gasteiger partial charge in [0, 0.05) is 5.69 Å². The monoisotopic (exact) mass is 447 g/mol. The van der Waals surface area contributed by atoms with Crippen LogP contribution in [0, 0.1) is 0 Å². The molecule has 0 saturated carbocycles. The summed E-state index contributed by atoms with van der Waals surface area (Å²) in [6.07, 6.45) is -2.28. The van der Waals surface area contributed by atoms with Gasteiger partial charge in [-0.15, -0.1) is 0 Å². The normalized spacial score (nSPS) is 11.3. The molecule has 0 aliphatic carbocycles. The summed E-state index contributed by atoms with van der Waals surface area (Å²) in [5.74, 6) is -1.04. The Balaban J connectivity index is 1.68. The van der Waals surface area contributed by atoms with Gasteiger partial charge in [-0.2, -0.15) is 18.3 Å². The predicted molar refractivity (Wildman–Crippen MR) is 110 cm³/mol. The van der Waals surface area contributed by atoms with Crippen molar-refractivity contribution in [1.29, 1.82) is 0 Å². The summed E-state index contributed by atoms with van der Waals surface area (Å²) >= 11 is 0. The van der Waals surface area contributed by atoms with Crippen molar-refractivity contribution in [3.8, 4) is 5.69 Å². The lowest BCUT2D eigenvalue weighted by molar-refractivity contribution is -0.137. The van der Waals surface area contributed by atoms with Crippen molar-refractivity contribution in [3.05, 3.63) is 66.2 Å². The van der Waals surface area contributed by atoms with Crippen LogP contribution in [0.25, 0.3) is 5.69 Å². The minimum Gasteiger partial charge on any atom is -0.459 e. The van der Waals surface area contributed by atoms with Crippen molar-refractivity contribution in [2.24, 2.45) is 0 Å². The number of nitrogens with zero attached hydrogens (tertiary/aromatic N) is 3. The molecule has 168 valence electrons. The number of carbonyl (C=O) groups excluding carboxylic acids is 2. The Morgan fingerprint density at radius 1 is 1.12 bits per heavy atom. The number of alkyl halides is 3. The zero-order valence-corrected chi connectivity index (χ0v) is 17.2. The van der Waals surface area contributed by atoms with Gasteiger partial charge in [-0.25, -0.2) is 14.5 Å². The number of anilines is 2. The first-order valence-electron chi connectivity index (χ1n) is 9.54. The fraction of sp³-hybridized carbons (Fsp3) is 0.238. The van der Waals surface area contributed by atoms with Crippen LogP contribution in [0.3, 0.4) is 0 Å². The quantitative estimate of drug-likeness (QED) is 0.533. The van der Waals surface area contributed by atoms with Crippen LogP contribution in [0.1, 0.15) is 29.8 Å². The highest BCUT2D eigenvalue weighted by atomic mass is 19.4. The Morgan fingerprint density at radius 3 is 2.44 bits per heavy atom. The third kappa shape index (κ3) is 5.84. The number of nitrogens with one attached hydrogen (secondary N) is 2. The number of aromatic nitrogens is 3. The lowest BCUT2D eigenvalue weighted by atomic mass is 10.1. The molecule has 0 fully saturated rings. The second-order valence-electron chi connectivity index (χ2n) is 7.00. The van der Waals surface area contributed by atoms with E-state index in [1.54, 1.807) is 38.1 Å². The van der Waals surface area contributed by atoms with E-state index in [1.165, 1.54) is 23.4 Å². The molecule has 0 unspecified atom stereocenters.